The molecule has 28 heavy (non-hydrogen) atoms. The van der Waals surface area contributed by atoms with Crippen molar-refractivity contribution in [1.29, 1.82) is 0 Å². The van der Waals surface area contributed by atoms with Crippen molar-refractivity contribution in [1.82, 2.24) is 25.3 Å². The van der Waals surface area contributed by atoms with Crippen LogP contribution in [0.15, 0.2) is 65.6 Å². The molecule has 2 N–H and O–H groups in total. The number of H-pyrrole nitrogens is 1. The number of aromatic nitrogens is 4. The van der Waals surface area contributed by atoms with E-state index in [2.05, 4.69) is 20.6 Å². The van der Waals surface area contributed by atoms with Crippen LogP contribution in [0.1, 0.15) is 10.5 Å². The Bertz CT molecular complexity index is 1200. The molecule has 7 nitrogen and oxygen atoms in total. The molecule has 8 heteroatoms. The smallest absolute Gasteiger partial charge is 0.277 e. The van der Waals surface area contributed by atoms with Crippen LogP contribution in [0.5, 0.6) is 0 Å². The Hall–Kier alpha value is -3.81. The number of halogens is 1. The van der Waals surface area contributed by atoms with Crippen molar-refractivity contribution in [3.05, 3.63) is 82.7 Å². The van der Waals surface area contributed by atoms with E-state index in [1.807, 2.05) is 0 Å². The summed E-state index contributed by atoms with van der Waals surface area (Å²) in [6.45, 7) is 0.421. The molecule has 2 aromatic carbocycles. The SMILES string of the molecule is O=C(NCCn1nnc2ccccc2c1=O)c1cc(-c2ccc(F)cc2)c[nH]1. The average molecular weight is 377 g/mol. The van der Waals surface area contributed by atoms with Gasteiger partial charge >= 0.3 is 0 Å². The largest absolute Gasteiger partial charge is 0.357 e. The summed E-state index contributed by atoms with van der Waals surface area (Å²) in [7, 11) is 0. The highest BCUT2D eigenvalue weighted by Crippen LogP contribution is 2.20. The molecule has 0 spiro atoms. The van der Waals surface area contributed by atoms with Gasteiger partial charge in [0.05, 0.1) is 11.9 Å². The molecule has 0 atom stereocenters. The molecule has 2 aromatic heterocycles. The van der Waals surface area contributed by atoms with Gasteiger partial charge in [0.15, 0.2) is 0 Å². The summed E-state index contributed by atoms with van der Waals surface area (Å²) in [4.78, 5) is 27.6. The number of amides is 1. The number of aromatic amines is 1. The fraction of sp³-hybridized carbons (Fsp3) is 0.100. The van der Waals surface area contributed by atoms with E-state index >= 15 is 0 Å². The topological polar surface area (TPSA) is 92.7 Å². The molecule has 0 bridgehead atoms. The van der Waals surface area contributed by atoms with E-state index in [4.69, 9.17) is 0 Å². The molecule has 140 valence electrons. The van der Waals surface area contributed by atoms with Crippen LogP contribution in [0.25, 0.3) is 22.0 Å². The molecular weight excluding hydrogens is 361 g/mol. The predicted molar refractivity (Wildman–Crippen MR) is 102 cm³/mol. The molecular formula is C20H16FN5O2. The first kappa shape index (κ1) is 17.6. The van der Waals surface area contributed by atoms with Gasteiger partial charge in [-0.05, 0) is 41.5 Å². The van der Waals surface area contributed by atoms with Gasteiger partial charge in [0.1, 0.15) is 17.0 Å². The molecule has 4 aromatic rings. The molecule has 0 saturated heterocycles. The molecule has 1 amide bonds. The van der Waals surface area contributed by atoms with Gasteiger partial charge in [0.25, 0.3) is 11.5 Å². The standard InChI is InChI=1S/C20H16FN5O2/c21-15-7-5-13(6-8-15)14-11-18(23-12-14)19(27)22-9-10-26-20(28)16-3-1-2-4-17(16)24-25-26/h1-8,11-12,23H,9-10H2,(H,22,27). The monoisotopic (exact) mass is 377 g/mol. The first-order valence-electron chi connectivity index (χ1n) is 8.67. The lowest BCUT2D eigenvalue weighted by Gasteiger charge is -2.06. The molecule has 0 aliphatic rings. The Kier molecular flexibility index (Phi) is 4.67. The minimum absolute atomic E-state index is 0.202. The van der Waals surface area contributed by atoms with Crippen LogP contribution in [-0.2, 0) is 6.54 Å². The van der Waals surface area contributed by atoms with Gasteiger partial charge in [-0.2, -0.15) is 0 Å². The highest BCUT2D eigenvalue weighted by molar-refractivity contribution is 5.93. The fourth-order valence-corrected chi connectivity index (χ4v) is 2.87. The lowest BCUT2D eigenvalue weighted by molar-refractivity contribution is 0.0947. The number of benzene rings is 2. The van der Waals surface area contributed by atoms with Crippen LogP contribution in [0.3, 0.4) is 0 Å². The zero-order valence-corrected chi connectivity index (χ0v) is 14.7. The third-order valence-corrected chi connectivity index (χ3v) is 4.34. The second kappa shape index (κ2) is 7.43. The highest BCUT2D eigenvalue weighted by atomic mass is 19.1. The Morgan fingerprint density at radius 2 is 1.89 bits per heavy atom. The van der Waals surface area contributed by atoms with E-state index in [9.17, 15) is 14.0 Å². The molecule has 0 aliphatic carbocycles. The number of hydrogen-bond acceptors (Lipinski definition) is 4. The maximum absolute atomic E-state index is 13.0. The number of nitrogens with one attached hydrogen (secondary N) is 2. The second-order valence-corrected chi connectivity index (χ2v) is 6.20. The van der Waals surface area contributed by atoms with Crippen LogP contribution in [0, 0.1) is 5.82 Å². The number of carbonyl (C=O) groups excluding carboxylic acids is 1. The van der Waals surface area contributed by atoms with Crippen LogP contribution in [0.2, 0.25) is 0 Å². The zero-order valence-electron chi connectivity index (χ0n) is 14.7. The lowest BCUT2D eigenvalue weighted by atomic mass is 10.1. The molecule has 0 fully saturated rings. The Labute approximate surface area is 158 Å². The first-order valence-corrected chi connectivity index (χ1v) is 8.67. The summed E-state index contributed by atoms with van der Waals surface area (Å²) in [5, 5.41) is 11.1. The van der Waals surface area contributed by atoms with Gasteiger partial charge in [-0.1, -0.05) is 29.5 Å². The van der Waals surface area contributed by atoms with Gasteiger partial charge in [0, 0.05) is 12.7 Å². The maximum Gasteiger partial charge on any atom is 0.277 e. The quantitative estimate of drug-likeness (QED) is 0.558. The summed E-state index contributed by atoms with van der Waals surface area (Å²) >= 11 is 0. The molecule has 2 heterocycles. The van der Waals surface area contributed by atoms with Crippen molar-refractivity contribution in [3.8, 4) is 11.1 Å². The van der Waals surface area contributed by atoms with Crippen molar-refractivity contribution < 1.29 is 9.18 Å². The molecule has 0 saturated carbocycles. The predicted octanol–water partition coefficient (Wildman–Crippen LogP) is 2.36. The van der Waals surface area contributed by atoms with E-state index < -0.39 is 0 Å². The van der Waals surface area contributed by atoms with Crippen molar-refractivity contribution in [2.75, 3.05) is 6.54 Å². The summed E-state index contributed by atoms with van der Waals surface area (Å²) in [5.41, 5.74) is 2.23. The molecule has 0 radical (unpaired) electrons. The van der Waals surface area contributed by atoms with Crippen LogP contribution in [-0.4, -0.2) is 32.4 Å². The van der Waals surface area contributed by atoms with Crippen LogP contribution >= 0.6 is 0 Å². The number of hydrogen-bond donors (Lipinski definition) is 2. The Morgan fingerprint density at radius 3 is 2.71 bits per heavy atom. The third-order valence-electron chi connectivity index (χ3n) is 4.34. The molecule has 0 unspecified atom stereocenters. The Balaban J connectivity index is 1.41. The summed E-state index contributed by atoms with van der Waals surface area (Å²) in [6.07, 6.45) is 1.68. The lowest BCUT2D eigenvalue weighted by Crippen LogP contribution is -2.32. The van der Waals surface area contributed by atoms with E-state index in [1.165, 1.54) is 16.8 Å². The maximum atomic E-state index is 13.0. The van der Waals surface area contributed by atoms with Gasteiger partial charge in [-0.25, -0.2) is 9.07 Å². The first-order chi connectivity index (χ1) is 13.6. The van der Waals surface area contributed by atoms with E-state index in [-0.39, 0.29) is 30.4 Å². The fourth-order valence-electron chi connectivity index (χ4n) is 2.87. The summed E-state index contributed by atoms with van der Waals surface area (Å²) in [5.74, 6) is -0.626. The minimum Gasteiger partial charge on any atom is -0.357 e. The van der Waals surface area contributed by atoms with Crippen LogP contribution < -0.4 is 10.9 Å². The number of nitrogens with zero attached hydrogens (tertiary/aromatic N) is 3. The van der Waals surface area contributed by atoms with E-state index in [0.717, 1.165) is 11.1 Å². The van der Waals surface area contributed by atoms with Crippen molar-refractivity contribution in [3.63, 3.8) is 0 Å². The number of fused-ring (bicyclic) bond motifs is 1. The Morgan fingerprint density at radius 1 is 1.11 bits per heavy atom. The summed E-state index contributed by atoms with van der Waals surface area (Å²) < 4.78 is 14.2. The van der Waals surface area contributed by atoms with Gasteiger partial charge in [0.2, 0.25) is 0 Å². The van der Waals surface area contributed by atoms with Crippen molar-refractivity contribution in [2.45, 2.75) is 6.54 Å². The molecule has 0 aliphatic heterocycles. The number of rotatable bonds is 5. The van der Waals surface area contributed by atoms with E-state index in [0.29, 0.717) is 16.6 Å². The van der Waals surface area contributed by atoms with Gasteiger partial charge in [-0.3, -0.25) is 9.59 Å². The summed E-state index contributed by atoms with van der Waals surface area (Å²) in [6, 6.07) is 14.7. The normalized spacial score (nSPS) is 10.9. The van der Waals surface area contributed by atoms with Crippen molar-refractivity contribution >= 4 is 16.8 Å². The number of carbonyl (C=O) groups is 1. The zero-order chi connectivity index (χ0) is 19.5. The second-order valence-electron chi connectivity index (χ2n) is 6.20. The molecule has 4 rings (SSSR count). The third kappa shape index (κ3) is 3.52. The van der Waals surface area contributed by atoms with Crippen molar-refractivity contribution in [2.24, 2.45) is 0 Å². The van der Waals surface area contributed by atoms with Crippen LogP contribution in [0.4, 0.5) is 4.39 Å². The van der Waals surface area contributed by atoms with Gasteiger partial charge in [-0.15, -0.1) is 5.10 Å². The van der Waals surface area contributed by atoms with E-state index in [1.54, 1.807) is 48.7 Å². The average Bonchev–Trinajstić information content (AvgIpc) is 3.21. The highest BCUT2D eigenvalue weighted by Gasteiger charge is 2.10. The van der Waals surface area contributed by atoms with Gasteiger partial charge < -0.3 is 10.3 Å². The minimum atomic E-state index is -0.315.